The van der Waals surface area contributed by atoms with Gasteiger partial charge in [0.25, 0.3) is 0 Å². The largest absolute Gasteiger partial charge is 0.465 e. The van der Waals surface area contributed by atoms with Gasteiger partial charge in [0.15, 0.2) is 5.11 Å². The third-order valence-electron chi connectivity index (χ3n) is 3.66. The number of nitrogens with zero attached hydrogens (tertiary/aromatic N) is 1. The van der Waals surface area contributed by atoms with E-state index in [-0.39, 0.29) is 10.8 Å². The monoisotopic (exact) mass is 439 g/mol. The van der Waals surface area contributed by atoms with Crippen LogP contribution in [-0.4, -0.2) is 23.1 Å². The second kappa shape index (κ2) is 8.05. The first-order chi connectivity index (χ1) is 13.3. The molecule has 0 saturated heterocycles. The van der Waals surface area contributed by atoms with Gasteiger partial charge in [-0.15, -0.1) is 11.3 Å². The summed E-state index contributed by atoms with van der Waals surface area (Å²) < 4.78 is 18.9. The van der Waals surface area contributed by atoms with E-state index in [1.807, 2.05) is 0 Å². The lowest BCUT2D eigenvalue weighted by atomic mass is 10.2. The Morgan fingerprint density at radius 1 is 1.25 bits per heavy atom. The van der Waals surface area contributed by atoms with Crippen LogP contribution in [-0.2, 0) is 4.74 Å². The molecule has 28 heavy (non-hydrogen) atoms. The molecule has 0 fully saturated rings. The number of benzene rings is 2. The molecule has 1 aromatic heterocycles. The minimum absolute atomic E-state index is 0.149. The lowest BCUT2D eigenvalue weighted by Crippen LogP contribution is -2.19. The highest BCUT2D eigenvalue weighted by Crippen LogP contribution is 2.37. The van der Waals surface area contributed by atoms with Gasteiger partial charge in [-0.1, -0.05) is 11.6 Å². The molecule has 0 aliphatic heterocycles. The number of fused-ring (bicyclic) bond motifs is 1. The highest BCUT2D eigenvalue weighted by atomic mass is 35.5. The number of thiocarbonyl (C=S) groups is 1. The summed E-state index contributed by atoms with van der Waals surface area (Å²) in [6.45, 7) is 0. The Balaban J connectivity index is 1.79. The summed E-state index contributed by atoms with van der Waals surface area (Å²) in [5.74, 6) is -1.45. The smallest absolute Gasteiger partial charge is 0.349 e. The van der Waals surface area contributed by atoms with Crippen LogP contribution in [0.3, 0.4) is 0 Å². The Morgan fingerprint density at radius 3 is 2.54 bits per heavy atom. The molecule has 0 aliphatic carbocycles. The molecule has 2 aromatic carbocycles. The van der Waals surface area contributed by atoms with Crippen LogP contribution in [0.2, 0.25) is 5.02 Å². The van der Waals surface area contributed by atoms with E-state index < -0.39 is 22.4 Å². The van der Waals surface area contributed by atoms with Gasteiger partial charge in [0.2, 0.25) is 5.82 Å². The second-order valence-corrected chi connectivity index (χ2v) is 7.29. The summed E-state index contributed by atoms with van der Waals surface area (Å²) in [6.07, 6.45) is 0. The fourth-order valence-electron chi connectivity index (χ4n) is 2.39. The first kappa shape index (κ1) is 19.9. The van der Waals surface area contributed by atoms with Gasteiger partial charge >= 0.3 is 11.7 Å². The van der Waals surface area contributed by atoms with Gasteiger partial charge in [-0.05, 0) is 42.5 Å². The summed E-state index contributed by atoms with van der Waals surface area (Å²) in [6, 6.07) is 8.56. The molecule has 3 rings (SSSR count). The number of methoxy groups -OCH3 is 1. The maximum absolute atomic E-state index is 13.4. The molecule has 7 nitrogen and oxygen atoms in total. The molecule has 0 amide bonds. The van der Waals surface area contributed by atoms with E-state index in [2.05, 4.69) is 10.6 Å². The van der Waals surface area contributed by atoms with E-state index in [1.54, 1.807) is 18.2 Å². The van der Waals surface area contributed by atoms with Crippen molar-refractivity contribution >= 4 is 73.4 Å². The van der Waals surface area contributed by atoms with E-state index in [0.717, 1.165) is 16.8 Å². The van der Waals surface area contributed by atoms with Gasteiger partial charge in [-0.25, -0.2) is 4.79 Å². The molecule has 1 heterocycles. The van der Waals surface area contributed by atoms with Crippen LogP contribution in [0.15, 0.2) is 36.4 Å². The molecule has 0 saturated carbocycles. The van der Waals surface area contributed by atoms with Crippen LogP contribution >= 0.6 is 35.2 Å². The third kappa shape index (κ3) is 4.03. The quantitative estimate of drug-likeness (QED) is 0.250. The zero-order valence-electron chi connectivity index (χ0n) is 14.1. The molecule has 0 atom stereocenters. The van der Waals surface area contributed by atoms with Gasteiger partial charge in [-0.2, -0.15) is 4.39 Å². The van der Waals surface area contributed by atoms with Gasteiger partial charge in [0.05, 0.1) is 17.1 Å². The lowest BCUT2D eigenvalue weighted by molar-refractivity contribution is -0.387. The maximum Gasteiger partial charge on any atom is 0.349 e. The molecule has 3 aromatic rings. The highest BCUT2D eigenvalue weighted by Gasteiger charge is 2.18. The van der Waals surface area contributed by atoms with Crippen molar-refractivity contribution in [2.45, 2.75) is 0 Å². The molecule has 0 aliphatic rings. The first-order valence-electron chi connectivity index (χ1n) is 7.62. The van der Waals surface area contributed by atoms with Gasteiger partial charge < -0.3 is 15.4 Å². The molecule has 144 valence electrons. The molecular weight excluding hydrogens is 429 g/mol. The Bertz CT molecular complexity index is 1120. The Morgan fingerprint density at radius 2 is 1.89 bits per heavy atom. The van der Waals surface area contributed by atoms with Crippen molar-refractivity contribution < 1.29 is 18.8 Å². The summed E-state index contributed by atoms with van der Waals surface area (Å²) in [7, 11) is 1.28. The van der Waals surface area contributed by atoms with Crippen molar-refractivity contribution in [1.29, 1.82) is 0 Å². The van der Waals surface area contributed by atoms with Gasteiger partial charge in [0.1, 0.15) is 4.88 Å². The Kier molecular flexibility index (Phi) is 5.73. The standard InChI is InChI=1S/C17H11ClFN3O4S2/c1-26-16(23)15-14(18)10-4-2-9(7-13(10)28-15)21-17(27)20-8-3-5-11(19)12(6-8)22(24)25/h2-7H,1H3,(H2,20,21,27). The first-order valence-corrected chi connectivity index (χ1v) is 9.22. The highest BCUT2D eigenvalue weighted by molar-refractivity contribution is 7.80. The number of hydrogen-bond acceptors (Lipinski definition) is 6. The molecule has 0 spiro atoms. The molecular formula is C17H11ClFN3O4S2. The predicted molar refractivity (Wildman–Crippen MR) is 111 cm³/mol. The van der Waals surface area contributed by atoms with Gasteiger partial charge in [-0.3, -0.25) is 10.1 Å². The minimum Gasteiger partial charge on any atom is -0.465 e. The maximum atomic E-state index is 13.4. The van der Waals surface area contributed by atoms with Crippen LogP contribution in [0.25, 0.3) is 10.1 Å². The number of nitrogens with one attached hydrogen (secondary N) is 2. The fraction of sp³-hybridized carbons (Fsp3) is 0.0588. The van der Waals surface area contributed by atoms with Crippen molar-refractivity contribution in [1.82, 2.24) is 0 Å². The van der Waals surface area contributed by atoms with Crippen molar-refractivity contribution in [2.24, 2.45) is 0 Å². The SMILES string of the molecule is COC(=O)c1sc2cc(NC(=S)Nc3ccc(F)c([N+](=O)[O-])c3)ccc2c1Cl. The molecule has 0 radical (unpaired) electrons. The van der Waals surface area contributed by atoms with E-state index in [0.29, 0.717) is 21.0 Å². The summed E-state index contributed by atoms with van der Waals surface area (Å²) in [4.78, 5) is 22.1. The van der Waals surface area contributed by atoms with Crippen molar-refractivity contribution in [3.8, 4) is 0 Å². The number of carbonyl (C=O) groups is 1. The number of nitro benzene ring substituents is 1. The lowest BCUT2D eigenvalue weighted by Gasteiger charge is -2.10. The van der Waals surface area contributed by atoms with Crippen LogP contribution < -0.4 is 10.6 Å². The normalized spacial score (nSPS) is 10.5. The molecule has 0 unspecified atom stereocenters. The minimum atomic E-state index is -0.934. The van der Waals surface area contributed by atoms with E-state index >= 15 is 0 Å². The third-order valence-corrected chi connectivity index (χ3v) is 5.50. The van der Waals surface area contributed by atoms with E-state index in [1.165, 1.54) is 24.5 Å². The van der Waals surface area contributed by atoms with E-state index in [9.17, 15) is 19.3 Å². The number of carbonyl (C=O) groups excluding carboxylic acids is 1. The zero-order chi connectivity index (χ0) is 20.4. The van der Waals surface area contributed by atoms with E-state index in [4.69, 9.17) is 28.6 Å². The number of ether oxygens (including phenoxy) is 1. The summed E-state index contributed by atoms with van der Waals surface area (Å²) in [5, 5.41) is 17.7. The summed E-state index contributed by atoms with van der Waals surface area (Å²) >= 11 is 12.6. The number of esters is 1. The van der Waals surface area contributed by atoms with Crippen LogP contribution in [0, 0.1) is 15.9 Å². The zero-order valence-corrected chi connectivity index (χ0v) is 16.5. The topological polar surface area (TPSA) is 93.5 Å². The van der Waals surface area contributed by atoms with Crippen LogP contribution in [0.1, 0.15) is 9.67 Å². The fourth-order valence-corrected chi connectivity index (χ4v) is 4.09. The van der Waals surface area contributed by atoms with Crippen molar-refractivity contribution in [3.05, 3.63) is 62.2 Å². The number of rotatable bonds is 4. The Hall–Kier alpha value is -2.82. The number of nitro groups is 1. The average Bonchev–Trinajstić information content (AvgIpc) is 2.98. The number of halogens is 2. The number of anilines is 2. The van der Waals surface area contributed by atoms with Crippen molar-refractivity contribution in [2.75, 3.05) is 17.7 Å². The van der Waals surface area contributed by atoms with Crippen molar-refractivity contribution in [3.63, 3.8) is 0 Å². The molecule has 11 heteroatoms. The number of thiophene rings is 1. The molecule has 0 bridgehead atoms. The van der Waals surface area contributed by atoms with Gasteiger partial charge in [0, 0.05) is 27.5 Å². The average molecular weight is 440 g/mol. The van der Waals surface area contributed by atoms with Crippen LogP contribution in [0.4, 0.5) is 21.5 Å². The predicted octanol–water partition coefficient (Wildman–Crippen LogP) is 5.20. The molecule has 2 N–H and O–H groups in total. The van der Waals surface area contributed by atoms with Crippen LogP contribution in [0.5, 0.6) is 0 Å². The Labute approximate surface area is 172 Å². The second-order valence-electron chi connectivity index (χ2n) is 5.45. The summed E-state index contributed by atoms with van der Waals surface area (Å²) in [5.41, 5.74) is 0.215. The number of hydrogen-bond donors (Lipinski definition) is 2.